The Morgan fingerprint density at radius 1 is 0.350 bits per heavy atom. The molecular weight excluding hydrogens is 1280 g/mol. The van der Waals surface area contributed by atoms with E-state index in [1.807, 2.05) is 173 Å². The van der Waals surface area contributed by atoms with Gasteiger partial charge in [-0.15, -0.1) is 0 Å². The Balaban J connectivity index is -0.0000000847. The monoisotopic (exact) mass is 1470 g/mol. The van der Waals surface area contributed by atoms with Gasteiger partial charge in [-0.25, -0.2) is 0 Å². The van der Waals surface area contributed by atoms with Crippen molar-refractivity contribution < 1.29 is 98.1 Å². The summed E-state index contributed by atoms with van der Waals surface area (Å²) >= 11 is 0. The molecule has 0 aromatic rings. The van der Waals surface area contributed by atoms with Crippen molar-refractivity contribution in [2.45, 2.75) is 402 Å². The molecule has 4 atom stereocenters. The van der Waals surface area contributed by atoms with Gasteiger partial charge in [-0.3, -0.25) is 0 Å². The first kappa shape index (κ1) is 126. The van der Waals surface area contributed by atoms with Crippen LogP contribution in [-0.4, -0.2) is 244 Å². The van der Waals surface area contributed by atoms with Gasteiger partial charge in [0, 0.05) is 40.1 Å². The second kappa shape index (κ2) is 66.4. The minimum atomic E-state index is -0.751. The zero-order chi connectivity index (χ0) is 82.0. The van der Waals surface area contributed by atoms with Crippen LogP contribution >= 0.6 is 0 Å². The van der Waals surface area contributed by atoms with Crippen molar-refractivity contribution in [2.75, 3.05) is 106 Å². The molecule has 21 nitrogen and oxygen atoms in total. The zero-order valence-electron chi connectivity index (χ0n) is 73.3. The predicted molar refractivity (Wildman–Crippen MR) is 423 cm³/mol. The van der Waals surface area contributed by atoms with Crippen LogP contribution in [0.2, 0.25) is 0 Å². The van der Waals surface area contributed by atoms with Gasteiger partial charge in [0.25, 0.3) is 0 Å². The van der Waals surface area contributed by atoms with Crippen LogP contribution in [0.3, 0.4) is 0 Å². The molecule has 0 bridgehead atoms. The first-order valence-electron chi connectivity index (χ1n) is 36.1. The molecule has 0 saturated heterocycles. The van der Waals surface area contributed by atoms with Crippen molar-refractivity contribution in [1.29, 1.82) is 0 Å². The first-order chi connectivity index (χ1) is 43.5. The van der Waals surface area contributed by atoms with Crippen molar-refractivity contribution in [3.05, 3.63) is 0 Å². The largest absolute Gasteiger partial charge is 0.396 e. The van der Waals surface area contributed by atoms with Gasteiger partial charge < -0.3 is 104 Å². The summed E-state index contributed by atoms with van der Waals surface area (Å²) in [4.78, 5) is 0. The molecule has 624 valence electrons. The fourth-order valence-corrected chi connectivity index (χ4v) is 4.20. The molecule has 1 rings (SSSR count). The highest BCUT2D eigenvalue weighted by atomic mass is 16.5. The average Bonchev–Trinajstić information content (AvgIpc) is 1.78. The lowest BCUT2D eigenvalue weighted by Crippen LogP contribution is -2.27. The van der Waals surface area contributed by atoms with Crippen molar-refractivity contribution in [1.82, 2.24) is 0 Å². The maximum Gasteiger partial charge on any atom is 0.100 e. The van der Waals surface area contributed by atoms with Crippen LogP contribution in [-0.2, 0) is 52.1 Å². The Kier molecular flexibility index (Phi) is 83.5. The Labute approximate surface area is 621 Å². The number of aliphatic hydroxyl groups is 9. The summed E-state index contributed by atoms with van der Waals surface area (Å²) in [6.07, 6.45) is 1.29. The van der Waals surface area contributed by atoms with Crippen molar-refractivity contribution in [2.24, 2.45) is 17.6 Å². The minimum absolute atomic E-state index is 0. The molecule has 11 N–H and O–H groups in total. The molecule has 0 unspecified atom stereocenters. The number of aliphatic hydroxyl groups excluding tert-OH is 8. The molecule has 1 fully saturated rings. The SMILES string of the molecule is C.CC(C)(C)O.CC(C)(C)OCC1CC1.CC(C)(C)OCCCO.CC(C)(C)OCCN.CC(C)(C)OCCO.CC(C)(C)OC[C@@H](O)CO.CC(C)(C)OC[C@H](O)CO.CC(C)COC(C)(C)C.CCOC(C)(C)C.COC(C)(C)C.C[C@@H](O)COC(C)(C)C.C[C@H](O)COC(C)(C)C. The van der Waals surface area contributed by atoms with E-state index in [1.165, 1.54) is 12.8 Å². The Bertz CT molecular complexity index is 1470. The summed E-state index contributed by atoms with van der Waals surface area (Å²) in [6, 6.07) is 0. The van der Waals surface area contributed by atoms with Crippen LogP contribution in [0.1, 0.15) is 311 Å². The van der Waals surface area contributed by atoms with E-state index in [0.717, 1.165) is 32.2 Å². The number of methoxy groups -OCH3 is 1. The van der Waals surface area contributed by atoms with Crippen LogP contribution in [0.25, 0.3) is 0 Å². The number of nitrogens with two attached hydrogens (primary N) is 1. The average molecular weight is 1470 g/mol. The van der Waals surface area contributed by atoms with E-state index in [2.05, 4.69) is 76.2 Å². The van der Waals surface area contributed by atoms with Gasteiger partial charge in [-0.1, -0.05) is 21.3 Å². The van der Waals surface area contributed by atoms with E-state index in [9.17, 15) is 0 Å². The molecular formula is C79H183NO20. The second-order valence-corrected chi connectivity index (χ2v) is 36.3. The van der Waals surface area contributed by atoms with Gasteiger partial charge >= 0.3 is 0 Å². The van der Waals surface area contributed by atoms with E-state index in [0.29, 0.717) is 45.5 Å². The highest BCUT2D eigenvalue weighted by Crippen LogP contribution is 2.30. The van der Waals surface area contributed by atoms with Gasteiger partial charge in [0.2, 0.25) is 0 Å². The molecule has 0 aromatic heterocycles. The molecule has 0 amide bonds. The maximum absolute atomic E-state index is 8.85. The molecule has 0 radical (unpaired) electrons. The Morgan fingerprint density at radius 3 is 0.720 bits per heavy atom. The van der Waals surface area contributed by atoms with Crippen LogP contribution in [0.4, 0.5) is 0 Å². The lowest BCUT2D eigenvalue weighted by molar-refractivity contribution is -0.0614. The number of rotatable bonds is 22. The smallest absolute Gasteiger partial charge is 0.100 e. The fourth-order valence-electron chi connectivity index (χ4n) is 4.20. The highest BCUT2D eigenvalue weighted by Gasteiger charge is 2.24. The summed E-state index contributed by atoms with van der Waals surface area (Å²) < 4.78 is 57.7. The van der Waals surface area contributed by atoms with Gasteiger partial charge in [-0.05, 0) is 301 Å². The standard InChI is InChI=1S/C8H16O.C8H18O.2C7H16O3.3C7H16O2.C6H15NO.C6H14O2.C6H14O.C5H12O.C4H10O.CH4/c1-8(2,3)9-6-7-4-5-7;1-7(2)6-9-8(3,4)5;2*1-7(2,3)10-5-6(9)4-8;2*1-6(8)5-9-7(2,3)4;1-7(2,3)9-6-4-5-8;2*1-6(2,3)8-5-4-7;1-5-7-6(2,3)4;1-5(2,3)6-4;1-4(2,3)5;/h7H,4-6H2,1-3H3;7H,6H2,1-5H3;2*6,8-9H,4-5H2,1-3H3;2*6,8H,5H2,1-4H3;8H,4-6H2,1-3H3;4-5,7H2,1-3H3;7H,4-5H2,1-3H3;5H2,1-4H3;1-4H3;5H,1-3H3;1H4/t;;4*6-;;;;;;;/m..1010......./s1. The third-order valence-corrected chi connectivity index (χ3v) is 8.96. The predicted octanol–water partition coefficient (Wildman–Crippen LogP) is 14.7. The van der Waals surface area contributed by atoms with E-state index in [1.54, 1.807) is 41.7 Å². The second-order valence-electron chi connectivity index (χ2n) is 36.3. The molecule has 1 saturated carbocycles. The molecule has 100 heavy (non-hydrogen) atoms. The summed E-state index contributed by atoms with van der Waals surface area (Å²) in [5.41, 5.74) is 3.97. The van der Waals surface area contributed by atoms with Gasteiger partial charge in [0.1, 0.15) is 12.2 Å². The topological polar surface area (TPSA) is 310 Å². The van der Waals surface area contributed by atoms with Crippen molar-refractivity contribution >= 4 is 0 Å². The quantitative estimate of drug-likeness (QED) is 0.0450. The first-order valence-corrected chi connectivity index (χ1v) is 36.1. The molecule has 21 heteroatoms. The lowest BCUT2D eigenvalue weighted by atomic mass is 10.2. The van der Waals surface area contributed by atoms with Gasteiger partial charge in [-0.2, -0.15) is 0 Å². The molecule has 1 aliphatic carbocycles. The maximum atomic E-state index is 8.85. The third kappa shape index (κ3) is 212. The van der Waals surface area contributed by atoms with Crippen molar-refractivity contribution in [3.8, 4) is 0 Å². The molecule has 0 spiro atoms. The van der Waals surface area contributed by atoms with Crippen LogP contribution in [0.15, 0.2) is 0 Å². The summed E-state index contributed by atoms with van der Waals surface area (Å²) in [6.45, 7) is 87.0. The van der Waals surface area contributed by atoms with Crippen LogP contribution < -0.4 is 5.73 Å². The molecule has 0 aromatic carbocycles. The summed E-state index contributed by atoms with van der Waals surface area (Å²) in [5, 5.41) is 77.3. The number of ether oxygens (including phenoxy) is 11. The van der Waals surface area contributed by atoms with Crippen LogP contribution in [0.5, 0.6) is 0 Å². The van der Waals surface area contributed by atoms with Crippen molar-refractivity contribution in [3.63, 3.8) is 0 Å². The molecule has 1 aliphatic rings. The fraction of sp³-hybridized carbons (Fsp3) is 1.00. The molecule has 0 heterocycles. The normalized spacial score (nSPS) is 14.0. The summed E-state index contributed by atoms with van der Waals surface area (Å²) in [5.74, 6) is 1.54. The highest BCUT2D eigenvalue weighted by molar-refractivity contribution is 4.74. The van der Waals surface area contributed by atoms with Gasteiger partial charge in [0.15, 0.2) is 0 Å². The lowest BCUT2D eigenvalue weighted by Gasteiger charge is -2.20. The summed E-state index contributed by atoms with van der Waals surface area (Å²) in [7, 11) is 1.71. The van der Waals surface area contributed by atoms with E-state index < -0.39 is 17.8 Å². The zero-order valence-corrected chi connectivity index (χ0v) is 73.3. The van der Waals surface area contributed by atoms with E-state index in [4.69, 9.17) is 104 Å². The Hall–Kier alpha value is -0.840. The van der Waals surface area contributed by atoms with E-state index >= 15 is 0 Å². The third-order valence-electron chi connectivity index (χ3n) is 8.96. The van der Waals surface area contributed by atoms with Gasteiger partial charge in [0.05, 0.1) is 145 Å². The molecule has 0 aliphatic heterocycles. The van der Waals surface area contributed by atoms with E-state index in [-0.39, 0.29) is 121 Å². The van der Waals surface area contributed by atoms with Crippen LogP contribution in [0, 0.1) is 11.8 Å². The minimum Gasteiger partial charge on any atom is -0.396 e. The number of hydrogen-bond acceptors (Lipinski definition) is 21. The Morgan fingerprint density at radius 2 is 0.590 bits per heavy atom. The number of hydrogen-bond donors (Lipinski definition) is 10.